The number of hydrogen-bond acceptors (Lipinski definition) is 3. The molecule has 0 radical (unpaired) electrons. The summed E-state index contributed by atoms with van der Waals surface area (Å²) in [6, 6.07) is 11.8. The molecule has 6 heteroatoms. The highest BCUT2D eigenvalue weighted by Gasteiger charge is 2.20. The Morgan fingerprint density at radius 2 is 2.00 bits per heavy atom. The Morgan fingerprint density at radius 1 is 1.21 bits per heavy atom. The van der Waals surface area contributed by atoms with Crippen LogP contribution in [0.15, 0.2) is 53.1 Å². The predicted molar refractivity (Wildman–Crippen MR) is 88.1 cm³/mol. The minimum atomic E-state index is -0.421. The third kappa shape index (κ3) is 2.23. The van der Waals surface area contributed by atoms with E-state index in [1.54, 1.807) is 12.1 Å². The van der Waals surface area contributed by atoms with Crippen molar-refractivity contribution in [2.75, 3.05) is 0 Å². The van der Waals surface area contributed by atoms with Gasteiger partial charge in [-0.05, 0) is 19.1 Å². The molecule has 4 rings (SSSR count). The molecular weight excluding hydrogens is 309 g/mol. The van der Waals surface area contributed by atoms with Gasteiger partial charge in [0.25, 0.3) is 5.91 Å². The lowest BCUT2D eigenvalue weighted by atomic mass is 10.1. The smallest absolute Gasteiger partial charge is 0.272 e. The molecule has 0 bridgehead atoms. The summed E-state index contributed by atoms with van der Waals surface area (Å²) in [6.07, 6.45) is 1.47. The summed E-state index contributed by atoms with van der Waals surface area (Å²) < 4.78 is 19.0. The first-order valence-corrected chi connectivity index (χ1v) is 7.54. The van der Waals surface area contributed by atoms with Gasteiger partial charge in [0.1, 0.15) is 0 Å². The minimum Gasteiger partial charge on any atom is -0.461 e. The van der Waals surface area contributed by atoms with Crippen molar-refractivity contribution >= 4 is 27.8 Å². The molecule has 0 spiro atoms. The highest BCUT2D eigenvalue weighted by Crippen LogP contribution is 2.28. The number of nitrogens with one attached hydrogen (secondary N) is 2. The number of para-hydroxylation sites is 2. The zero-order chi connectivity index (χ0) is 16.7. The van der Waals surface area contributed by atoms with Crippen molar-refractivity contribution < 1.29 is 13.6 Å². The Morgan fingerprint density at radius 3 is 2.88 bits per heavy atom. The fraction of sp³-hybridized carbons (Fsp3) is 0.111. The van der Waals surface area contributed by atoms with Gasteiger partial charge < -0.3 is 9.73 Å². The first kappa shape index (κ1) is 14.4. The number of aromatic amines is 1. The summed E-state index contributed by atoms with van der Waals surface area (Å²) >= 11 is 0. The van der Waals surface area contributed by atoms with E-state index < -0.39 is 5.82 Å². The Kier molecular flexibility index (Phi) is 3.30. The molecule has 1 amide bonds. The maximum Gasteiger partial charge on any atom is 0.272 e. The van der Waals surface area contributed by atoms with E-state index in [1.165, 1.54) is 12.3 Å². The van der Waals surface area contributed by atoms with Crippen LogP contribution in [0.1, 0.15) is 29.0 Å². The Bertz CT molecular complexity index is 1050. The fourth-order valence-corrected chi connectivity index (χ4v) is 2.86. The Hall–Kier alpha value is -3.15. The van der Waals surface area contributed by atoms with Crippen molar-refractivity contribution in [3.8, 4) is 0 Å². The topological polar surface area (TPSA) is 70.9 Å². The molecule has 0 saturated heterocycles. The van der Waals surface area contributed by atoms with E-state index >= 15 is 0 Å². The molecule has 0 unspecified atom stereocenters. The van der Waals surface area contributed by atoms with E-state index in [4.69, 9.17) is 4.42 Å². The number of nitrogens with zero attached hydrogens (tertiary/aromatic N) is 1. The highest BCUT2D eigenvalue weighted by molar-refractivity contribution is 6.04. The number of carbonyl (C=O) groups excluding carboxylic acids is 1. The lowest BCUT2D eigenvalue weighted by Gasteiger charge is -2.11. The highest BCUT2D eigenvalue weighted by atomic mass is 19.1. The molecule has 5 nitrogen and oxygen atoms in total. The number of H-pyrrole nitrogens is 1. The van der Waals surface area contributed by atoms with Crippen LogP contribution in [0.4, 0.5) is 4.39 Å². The molecule has 2 aromatic heterocycles. The average Bonchev–Trinajstić information content (AvgIpc) is 3.19. The number of furan rings is 1. The van der Waals surface area contributed by atoms with E-state index in [-0.39, 0.29) is 17.5 Å². The first-order valence-electron chi connectivity index (χ1n) is 7.54. The number of aromatic nitrogens is 2. The molecule has 2 heterocycles. The van der Waals surface area contributed by atoms with Gasteiger partial charge >= 0.3 is 0 Å². The van der Waals surface area contributed by atoms with Crippen LogP contribution in [-0.4, -0.2) is 16.1 Å². The molecule has 0 aliphatic carbocycles. The van der Waals surface area contributed by atoms with Crippen molar-refractivity contribution in [2.24, 2.45) is 0 Å². The number of benzene rings is 2. The van der Waals surface area contributed by atoms with Crippen molar-refractivity contribution in [1.82, 2.24) is 15.5 Å². The lowest BCUT2D eigenvalue weighted by Crippen LogP contribution is -2.27. The van der Waals surface area contributed by atoms with Crippen LogP contribution in [0.3, 0.4) is 0 Å². The molecule has 4 aromatic rings. The van der Waals surface area contributed by atoms with E-state index in [2.05, 4.69) is 15.5 Å². The van der Waals surface area contributed by atoms with Gasteiger partial charge in [0.05, 0.1) is 17.8 Å². The second-order valence-electron chi connectivity index (χ2n) is 5.62. The number of amides is 1. The molecular formula is C18H14FN3O2. The van der Waals surface area contributed by atoms with Gasteiger partial charge in [0.15, 0.2) is 17.1 Å². The molecule has 120 valence electrons. The minimum absolute atomic E-state index is 0.193. The quantitative estimate of drug-likeness (QED) is 0.600. The fourth-order valence-electron chi connectivity index (χ4n) is 2.86. The van der Waals surface area contributed by atoms with Gasteiger partial charge in [-0.1, -0.05) is 30.3 Å². The van der Waals surface area contributed by atoms with Crippen LogP contribution >= 0.6 is 0 Å². The average molecular weight is 323 g/mol. The van der Waals surface area contributed by atoms with Gasteiger partial charge in [0, 0.05) is 16.3 Å². The second kappa shape index (κ2) is 5.49. The molecule has 0 aliphatic rings. The van der Waals surface area contributed by atoms with Crippen molar-refractivity contribution in [3.63, 3.8) is 0 Å². The lowest BCUT2D eigenvalue weighted by molar-refractivity contribution is 0.0936. The van der Waals surface area contributed by atoms with Crippen LogP contribution in [0, 0.1) is 5.82 Å². The maximum atomic E-state index is 13.7. The molecule has 0 saturated carbocycles. The van der Waals surface area contributed by atoms with E-state index in [9.17, 15) is 9.18 Å². The van der Waals surface area contributed by atoms with E-state index in [0.29, 0.717) is 11.1 Å². The molecule has 1 atom stereocenters. The standard InChI is InChI=1S/C18H14FN3O2/c1-10(13-9-24-17-11(13)6-4-7-14(17)19)20-18(23)16-12-5-2-3-8-15(12)21-22-16/h2-10H,1H3,(H,20,23)(H,21,22)/t10-/m0/s1. The molecule has 24 heavy (non-hydrogen) atoms. The van der Waals surface area contributed by atoms with Crippen LogP contribution in [0.25, 0.3) is 21.9 Å². The summed E-state index contributed by atoms with van der Waals surface area (Å²) in [7, 11) is 0. The number of fused-ring (bicyclic) bond motifs is 2. The summed E-state index contributed by atoms with van der Waals surface area (Å²) in [5.41, 5.74) is 2.04. The van der Waals surface area contributed by atoms with Gasteiger partial charge in [-0.15, -0.1) is 0 Å². The normalized spacial score (nSPS) is 12.6. The van der Waals surface area contributed by atoms with Crippen LogP contribution in [0.5, 0.6) is 0 Å². The molecule has 0 fully saturated rings. The van der Waals surface area contributed by atoms with Crippen LogP contribution in [-0.2, 0) is 0 Å². The third-order valence-corrected chi connectivity index (χ3v) is 4.08. The monoisotopic (exact) mass is 323 g/mol. The van der Waals surface area contributed by atoms with Crippen LogP contribution < -0.4 is 5.32 Å². The van der Waals surface area contributed by atoms with Gasteiger partial charge in [0.2, 0.25) is 0 Å². The number of rotatable bonds is 3. The zero-order valence-corrected chi connectivity index (χ0v) is 12.8. The van der Waals surface area contributed by atoms with Crippen LogP contribution in [0.2, 0.25) is 0 Å². The van der Waals surface area contributed by atoms with Crippen molar-refractivity contribution in [3.05, 3.63) is 65.8 Å². The van der Waals surface area contributed by atoms with Gasteiger partial charge in [-0.3, -0.25) is 9.89 Å². The summed E-state index contributed by atoms with van der Waals surface area (Å²) in [6.45, 7) is 1.82. The Balaban J connectivity index is 1.64. The summed E-state index contributed by atoms with van der Waals surface area (Å²) in [5.74, 6) is -0.721. The van der Waals surface area contributed by atoms with Gasteiger partial charge in [-0.2, -0.15) is 5.10 Å². The van der Waals surface area contributed by atoms with E-state index in [0.717, 1.165) is 16.5 Å². The number of carbonyl (C=O) groups is 1. The largest absolute Gasteiger partial charge is 0.461 e. The first-order chi connectivity index (χ1) is 11.6. The zero-order valence-electron chi connectivity index (χ0n) is 12.8. The molecule has 0 aliphatic heterocycles. The molecule has 2 N–H and O–H groups in total. The predicted octanol–water partition coefficient (Wildman–Crippen LogP) is 3.94. The van der Waals surface area contributed by atoms with E-state index in [1.807, 2.05) is 31.2 Å². The third-order valence-electron chi connectivity index (χ3n) is 4.08. The number of hydrogen-bond donors (Lipinski definition) is 2. The molecule has 2 aromatic carbocycles. The maximum absolute atomic E-state index is 13.7. The van der Waals surface area contributed by atoms with Crippen molar-refractivity contribution in [2.45, 2.75) is 13.0 Å². The number of halogens is 1. The SMILES string of the molecule is C[C@H](NC(=O)c1n[nH]c2ccccc12)c1coc2c(F)cccc12. The van der Waals surface area contributed by atoms with Gasteiger partial charge in [-0.25, -0.2) is 4.39 Å². The summed E-state index contributed by atoms with van der Waals surface area (Å²) in [4.78, 5) is 12.5. The van der Waals surface area contributed by atoms with Crippen molar-refractivity contribution in [1.29, 1.82) is 0 Å². The Labute approximate surface area is 136 Å². The summed E-state index contributed by atoms with van der Waals surface area (Å²) in [5, 5.41) is 11.2. The second-order valence-corrected chi connectivity index (χ2v) is 5.62.